The molecule has 0 rings (SSSR count). The van der Waals surface area contributed by atoms with Crippen LogP contribution in [0.5, 0.6) is 0 Å². The lowest BCUT2D eigenvalue weighted by Crippen LogP contribution is -2.39. The number of carbonyl (C=O) groups is 2. The maximum absolute atomic E-state index is 12.1. The minimum absolute atomic E-state index is 0.0475. The summed E-state index contributed by atoms with van der Waals surface area (Å²) in [4.78, 5) is 22.7. The van der Waals surface area contributed by atoms with Gasteiger partial charge in [-0.15, -0.1) is 0 Å². The van der Waals surface area contributed by atoms with Crippen LogP contribution in [-0.4, -0.2) is 28.6 Å². The number of carboxylic acids is 1. The van der Waals surface area contributed by atoms with Gasteiger partial charge < -0.3 is 9.84 Å². The number of carboxylic acid groups (broad SMARTS) is 1. The maximum atomic E-state index is 12.1. The van der Waals surface area contributed by atoms with Gasteiger partial charge in [-0.3, -0.25) is 9.59 Å². The number of rotatable bonds is 5. The van der Waals surface area contributed by atoms with E-state index in [9.17, 15) is 9.59 Å². The summed E-state index contributed by atoms with van der Waals surface area (Å²) in [6.07, 6.45) is -0.475. The van der Waals surface area contributed by atoms with Crippen LogP contribution in [0, 0.1) is 5.41 Å². The van der Waals surface area contributed by atoms with Crippen LogP contribution in [0.25, 0.3) is 0 Å². The molecule has 0 aliphatic heterocycles. The SMILES string of the molecule is CC(C)(C)OC(CCC(=O)O)C(=O)C(C)(C)C. The van der Waals surface area contributed by atoms with Crippen LogP contribution in [0.15, 0.2) is 0 Å². The van der Waals surface area contributed by atoms with E-state index in [1.54, 1.807) is 0 Å². The van der Waals surface area contributed by atoms with Gasteiger partial charge in [0.1, 0.15) is 6.10 Å². The molecule has 0 bridgehead atoms. The van der Waals surface area contributed by atoms with Crippen molar-refractivity contribution in [2.24, 2.45) is 5.41 Å². The summed E-state index contributed by atoms with van der Waals surface area (Å²) in [7, 11) is 0. The topological polar surface area (TPSA) is 63.6 Å². The highest BCUT2D eigenvalue weighted by Gasteiger charge is 2.33. The van der Waals surface area contributed by atoms with E-state index in [-0.39, 0.29) is 18.6 Å². The first-order valence-electron chi connectivity index (χ1n) is 5.87. The Morgan fingerprint density at radius 3 is 1.88 bits per heavy atom. The summed E-state index contributed by atoms with van der Waals surface area (Å²) in [5.74, 6) is -0.956. The normalized spacial score (nSPS) is 14.5. The summed E-state index contributed by atoms with van der Waals surface area (Å²) in [5.41, 5.74) is -0.974. The Bertz CT molecular complexity index is 281. The number of carbonyl (C=O) groups excluding carboxylic acids is 1. The lowest BCUT2D eigenvalue weighted by molar-refractivity contribution is -0.150. The maximum Gasteiger partial charge on any atom is 0.303 e. The number of ketones is 1. The Morgan fingerprint density at radius 1 is 1.12 bits per heavy atom. The minimum atomic E-state index is -0.908. The van der Waals surface area contributed by atoms with Gasteiger partial charge in [0.05, 0.1) is 5.60 Å². The van der Waals surface area contributed by atoms with Crippen molar-refractivity contribution in [3.63, 3.8) is 0 Å². The fourth-order valence-corrected chi connectivity index (χ4v) is 1.41. The quantitative estimate of drug-likeness (QED) is 0.807. The van der Waals surface area contributed by atoms with Crippen molar-refractivity contribution in [3.05, 3.63) is 0 Å². The van der Waals surface area contributed by atoms with E-state index in [1.807, 2.05) is 41.5 Å². The van der Waals surface area contributed by atoms with Gasteiger partial charge in [-0.2, -0.15) is 0 Å². The second-order valence-corrected chi connectivity index (χ2v) is 6.27. The fraction of sp³-hybridized carbons (Fsp3) is 0.846. The van der Waals surface area contributed by atoms with E-state index in [2.05, 4.69) is 0 Å². The van der Waals surface area contributed by atoms with Crippen molar-refractivity contribution >= 4 is 11.8 Å². The summed E-state index contributed by atoms with van der Waals surface area (Å²) >= 11 is 0. The molecule has 0 amide bonds. The second-order valence-electron chi connectivity index (χ2n) is 6.27. The van der Waals surface area contributed by atoms with Crippen molar-refractivity contribution in [1.29, 1.82) is 0 Å². The Balaban J connectivity index is 4.73. The Kier molecular flexibility index (Phi) is 5.33. The fourth-order valence-electron chi connectivity index (χ4n) is 1.41. The van der Waals surface area contributed by atoms with Crippen LogP contribution in [0.1, 0.15) is 54.4 Å². The molecule has 1 N–H and O–H groups in total. The van der Waals surface area contributed by atoms with Crippen LogP contribution in [0.4, 0.5) is 0 Å². The zero-order valence-electron chi connectivity index (χ0n) is 11.7. The van der Waals surface area contributed by atoms with E-state index in [1.165, 1.54) is 0 Å². The number of ether oxygens (including phenoxy) is 1. The molecule has 0 aliphatic carbocycles. The zero-order chi connectivity index (χ0) is 13.9. The molecule has 0 fully saturated rings. The summed E-state index contributed by atoms with van der Waals surface area (Å²) in [6.45, 7) is 11.0. The van der Waals surface area contributed by atoms with Crippen LogP contribution in [0.3, 0.4) is 0 Å². The first-order chi connectivity index (χ1) is 7.43. The number of hydrogen-bond acceptors (Lipinski definition) is 3. The summed E-state index contributed by atoms with van der Waals surface area (Å²) < 4.78 is 5.66. The Labute approximate surface area is 103 Å². The highest BCUT2D eigenvalue weighted by molar-refractivity contribution is 5.88. The van der Waals surface area contributed by atoms with E-state index in [4.69, 9.17) is 9.84 Å². The van der Waals surface area contributed by atoms with Gasteiger partial charge in [0.15, 0.2) is 5.78 Å². The molecule has 1 atom stereocenters. The summed E-state index contributed by atoms with van der Waals surface area (Å²) in [5, 5.41) is 8.68. The Hall–Kier alpha value is -0.900. The molecular weight excluding hydrogens is 220 g/mol. The third-order valence-electron chi connectivity index (χ3n) is 2.15. The van der Waals surface area contributed by atoms with Gasteiger partial charge in [0, 0.05) is 11.8 Å². The monoisotopic (exact) mass is 244 g/mol. The molecule has 0 aliphatic rings. The minimum Gasteiger partial charge on any atom is -0.481 e. The van der Waals surface area contributed by atoms with Crippen molar-refractivity contribution in [2.75, 3.05) is 0 Å². The number of Topliss-reactive ketones (excluding diaryl/α,β-unsaturated/α-hetero) is 1. The molecule has 0 aromatic heterocycles. The number of aliphatic carboxylic acids is 1. The standard InChI is InChI=1S/C13H24O4/c1-12(2,3)11(16)9(7-8-10(14)15)17-13(4,5)6/h9H,7-8H2,1-6H3,(H,14,15). The first-order valence-corrected chi connectivity index (χ1v) is 5.87. The van der Waals surface area contributed by atoms with Crippen LogP contribution in [0.2, 0.25) is 0 Å². The molecule has 4 heteroatoms. The third kappa shape index (κ3) is 7.10. The molecular formula is C13H24O4. The summed E-state index contributed by atoms with van der Waals surface area (Å²) in [6, 6.07) is 0. The lowest BCUT2D eigenvalue weighted by Gasteiger charge is -2.30. The van der Waals surface area contributed by atoms with Gasteiger partial charge in [-0.25, -0.2) is 0 Å². The second kappa shape index (κ2) is 5.63. The van der Waals surface area contributed by atoms with E-state index in [0.717, 1.165) is 0 Å². The van der Waals surface area contributed by atoms with Gasteiger partial charge in [0.25, 0.3) is 0 Å². The van der Waals surface area contributed by atoms with Crippen LogP contribution in [-0.2, 0) is 14.3 Å². The van der Waals surface area contributed by atoms with Crippen molar-refractivity contribution in [1.82, 2.24) is 0 Å². The molecule has 0 heterocycles. The number of hydrogen-bond donors (Lipinski definition) is 1. The van der Waals surface area contributed by atoms with Gasteiger partial charge >= 0.3 is 5.97 Å². The average Bonchev–Trinajstić information content (AvgIpc) is 2.07. The van der Waals surface area contributed by atoms with E-state index >= 15 is 0 Å². The van der Waals surface area contributed by atoms with E-state index in [0.29, 0.717) is 0 Å². The van der Waals surface area contributed by atoms with Crippen molar-refractivity contribution < 1.29 is 19.4 Å². The average molecular weight is 244 g/mol. The molecule has 0 saturated carbocycles. The van der Waals surface area contributed by atoms with Crippen molar-refractivity contribution in [3.8, 4) is 0 Å². The lowest BCUT2D eigenvalue weighted by atomic mass is 9.86. The highest BCUT2D eigenvalue weighted by Crippen LogP contribution is 2.24. The van der Waals surface area contributed by atoms with E-state index < -0.39 is 23.1 Å². The molecule has 0 aromatic rings. The molecule has 4 nitrogen and oxygen atoms in total. The molecule has 0 aromatic carbocycles. The predicted octanol–water partition coefficient (Wildman–Crippen LogP) is 2.65. The van der Waals surface area contributed by atoms with Crippen molar-refractivity contribution in [2.45, 2.75) is 66.1 Å². The van der Waals surface area contributed by atoms with Gasteiger partial charge in [-0.1, -0.05) is 20.8 Å². The van der Waals surface area contributed by atoms with Gasteiger partial charge in [0.2, 0.25) is 0 Å². The smallest absolute Gasteiger partial charge is 0.303 e. The predicted molar refractivity (Wildman–Crippen MR) is 66.0 cm³/mol. The van der Waals surface area contributed by atoms with Crippen LogP contribution >= 0.6 is 0 Å². The molecule has 0 radical (unpaired) electrons. The molecule has 17 heavy (non-hydrogen) atoms. The molecule has 1 unspecified atom stereocenters. The third-order valence-corrected chi connectivity index (χ3v) is 2.15. The molecule has 100 valence electrons. The first kappa shape index (κ1) is 16.1. The van der Waals surface area contributed by atoms with Crippen LogP contribution < -0.4 is 0 Å². The zero-order valence-corrected chi connectivity index (χ0v) is 11.7. The largest absolute Gasteiger partial charge is 0.481 e. The highest BCUT2D eigenvalue weighted by atomic mass is 16.5. The van der Waals surface area contributed by atoms with Gasteiger partial charge in [-0.05, 0) is 27.2 Å². The molecule has 0 spiro atoms. The Morgan fingerprint density at radius 2 is 1.59 bits per heavy atom. The molecule has 0 saturated heterocycles.